The fourth-order valence-corrected chi connectivity index (χ4v) is 3.57. The van der Waals surface area contributed by atoms with Gasteiger partial charge in [0.15, 0.2) is 0 Å². The van der Waals surface area contributed by atoms with Gasteiger partial charge < -0.3 is 9.73 Å². The van der Waals surface area contributed by atoms with Crippen LogP contribution in [0.2, 0.25) is 0 Å². The normalized spacial score (nSPS) is 27.0. The molecule has 0 radical (unpaired) electrons. The molecule has 1 heterocycles. The fourth-order valence-electron chi connectivity index (χ4n) is 3.57. The van der Waals surface area contributed by atoms with Crippen LogP contribution in [0.25, 0.3) is 0 Å². The SMILES string of the molecule is C[C@H](NC1CCCc2occc21)C1CCCC1. The Hall–Kier alpha value is -0.760. The second-order valence-electron chi connectivity index (χ2n) is 5.74. The molecule has 0 amide bonds. The highest BCUT2D eigenvalue weighted by molar-refractivity contribution is 5.24. The van der Waals surface area contributed by atoms with E-state index in [0.717, 1.165) is 12.3 Å². The largest absolute Gasteiger partial charge is 0.469 e. The molecular formula is C15H23NO. The molecule has 2 aliphatic carbocycles. The minimum absolute atomic E-state index is 0.535. The molecule has 0 spiro atoms. The second-order valence-corrected chi connectivity index (χ2v) is 5.74. The summed E-state index contributed by atoms with van der Waals surface area (Å²) in [6, 6.07) is 3.35. The van der Waals surface area contributed by atoms with E-state index in [2.05, 4.69) is 18.3 Å². The molecule has 2 atom stereocenters. The molecule has 0 saturated heterocycles. The van der Waals surface area contributed by atoms with Gasteiger partial charge in [-0.3, -0.25) is 0 Å². The Morgan fingerprint density at radius 2 is 2.06 bits per heavy atom. The van der Waals surface area contributed by atoms with Crippen molar-refractivity contribution in [1.29, 1.82) is 0 Å². The summed E-state index contributed by atoms with van der Waals surface area (Å²) < 4.78 is 5.55. The molecule has 1 unspecified atom stereocenters. The summed E-state index contributed by atoms with van der Waals surface area (Å²) in [6.45, 7) is 2.37. The highest BCUT2D eigenvalue weighted by Gasteiger charge is 2.27. The van der Waals surface area contributed by atoms with Crippen molar-refractivity contribution in [2.45, 2.75) is 64.0 Å². The molecule has 1 fully saturated rings. The van der Waals surface area contributed by atoms with E-state index in [-0.39, 0.29) is 0 Å². The van der Waals surface area contributed by atoms with Crippen molar-refractivity contribution in [3.8, 4) is 0 Å². The van der Waals surface area contributed by atoms with Crippen LogP contribution in [0.3, 0.4) is 0 Å². The van der Waals surface area contributed by atoms with Crippen LogP contribution in [0, 0.1) is 5.92 Å². The molecule has 0 aromatic carbocycles. The van der Waals surface area contributed by atoms with Gasteiger partial charge in [0.2, 0.25) is 0 Å². The van der Waals surface area contributed by atoms with Gasteiger partial charge >= 0.3 is 0 Å². The number of furan rings is 1. The van der Waals surface area contributed by atoms with Gasteiger partial charge in [-0.1, -0.05) is 12.8 Å². The van der Waals surface area contributed by atoms with Crippen LogP contribution in [0.15, 0.2) is 16.7 Å². The van der Waals surface area contributed by atoms with E-state index in [9.17, 15) is 0 Å². The molecule has 1 N–H and O–H groups in total. The van der Waals surface area contributed by atoms with Gasteiger partial charge in [0.25, 0.3) is 0 Å². The van der Waals surface area contributed by atoms with Crippen LogP contribution < -0.4 is 5.32 Å². The van der Waals surface area contributed by atoms with E-state index in [1.165, 1.54) is 49.8 Å². The molecule has 17 heavy (non-hydrogen) atoms. The van der Waals surface area contributed by atoms with Crippen molar-refractivity contribution in [3.63, 3.8) is 0 Å². The smallest absolute Gasteiger partial charge is 0.108 e. The Labute approximate surface area is 104 Å². The molecule has 94 valence electrons. The van der Waals surface area contributed by atoms with Crippen molar-refractivity contribution >= 4 is 0 Å². The molecule has 0 aliphatic heterocycles. The Balaban J connectivity index is 1.66. The third-order valence-corrected chi connectivity index (χ3v) is 4.62. The summed E-state index contributed by atoms with van der Waals surface area (Å²) in [5.74, 6) is 2.11. The first kappa shape index (κ1) is 11.3. The van der Waals surface area contributed by atoms with Crippen LogP contribution in [-0.2, 0) is 6.42 Å². The molecule has 1 saturated carbocycles. The molecule has 2 nitrogen and oxygen atoms in total. The van der Waals surface area contributed by atoms with E-state index in [4.69, 9.17) is 4.42 Å². The third kappa shape index (κ3) is 2.28. The monoisotopic (exact) mass is 233 g/mol. The summed E-state index contributed by atoms with van der Waals surface area (Å²) >= 11 is 0. The third-order valence-electron chi connectivity index (χ3n) is 4.62. The molecule has 1 aromatic rings. The van der Waals surface area contributed by atoms with Gasteiger partial charge in [0.1, 0.15) is 5.76 Å². The molecule has 1 aromatic heterocycles. The first-order chi connectivity index (χ1) is 8.34. The van der Waals surface area contributed by atoms with E-state index in [0.29, 0.717) is 12.1 Å². The summed E-state index contributed by atoms with van der Waals surface area (Å²) in [4.78, 5) is 0. The molecule has 2 aliphatic rings. The number of aryl methyl sites for hydroxylation is 1. The first-order valence-corrected chi connectivity index (χ1v) is 7.17. The lowest BCUT2D eigenvalue weighted by atomic mass is 9.91. The zero-order chi connectivity index (χ0) is 11.7. The number of nitrogens with one attached hydrogen (secondary N) is 1. The van der Waals surface area contributed by atoms with Gasteiger partial charge in [-0.15, -0.1) is 0 Å². The molecule has 0 bridgehead atoms. The topological polar surface area (TPSA) is 25.2 Å². The predicted molar refractivity (Wildman–Crippen MR) is 68.9 cm³/mol. The maximum absolute atomic E-state index is 5.55. The van der Waals surface area contributed by atoms with Gasteiger partial charge in [-0.05, 0) is 44.6 Å². The van der Waals surface area contributed by atoms with E-state index in [1.807, 2.05) is 6.26 Å². The van der Waals surface area contributed by atoms with Crippen LogP contribution in [-0.4, -0.2) is 6.04 Å². The average molecular weight is 233 g/mol. The minimum atomic E-state index is 0.535. The Morgan fingerprint density at radius 3 is 2.88 bits per heavy atom. The van der Waals surface area contributed by atoms with Crippen molar-refractivity contribution < 1.29 is 4.42 Å². The zero-order valence-electron chi connectivity index (χ0n) is 10.7. The number of hydrogen-bond donors (Lipinski definition) is 1. The quantitative estimate of drug-likeness (QED) is 0.858. The number of hydrogen-bond acceptors (Lipinski definition) is 2. The van der Waals surface area contributed by atoms with E-state index < -0.39 is 0 Å². The fraction of sp³-hybridized carbons (Fsp3) is 0.733. The second kappa shape index (κ2) is 4.85. The maximum Gasteiger partial charge on any atom is 0.108 e. The van der Waals surface area contributed by atoms with Gasteiger partial charge in [-0.25, -0.2) is 0 Å². The highest BCUT2D eigenvalue weighted by Crippen LogP contribution is 2.33. The van der Waals surface area contributed by atoms with Crippen LogP contribution in [0.1, 0.15) is 62.8 Å². The first-order valence-electron chi connectivity index (χ1n) is 7.17. The summed E-state index contributed by atoms with van der Waals surface area (Å²) in [6.07, 6.45) is 11.2. The van der Waals surface area contributed by atoms with Gasteiger partial charge in [0.05, 0.1) is 6.26 Å². The Bertz CT molecular complexity index is 365. The molecule has 3 rings (SSSR count). The minimum Gasteiger partial charge on any atom is -0.469 e. The van der Waals surface area contributed by atoms with E-state index in [1.54, 1.807) is 0 Å². The van der Waals surface area contributed by atoms with Crippen LogP contribution in [0.4, 0.5) is 0 Å². The molecule has 2 heteroatoms. The summed E-state index contributed by atoms with van der Waals surface area (Å²) in [5.41, 5.74) is 1.42. The van der Waals surface area contributed by atoms with Gasteiger partial charge in [0, 0.05) is 24.1 Å². The standard InChI is InChI=1S/C15H23NO/c1-11(12-5-2-3-6-12)16-14-7-4-8-15-13(14)9-10-17-15/h9-12,14,16H,2-8H2,1H3/t11-,14?/m0/s1. The summed E-state index contributed by atoms with van der Waals surface area (Å²) in [7, 11) is 0. The van der Waals surface area contributed by atoms with Crippen molar-refractivity contribution in [1.82, 2.24) is 5.32 Å². The van der Waals surface area contributed by atoms with E-state index >= 15 is 0 Å². The zero-order valence-corrected chi connectivity index (χ0v) is 10.7. The van der Waals surface area contributed by atoms with Crippen LogP contribution in [0.5, 0.6) is 0 Å². The Morgan fingerprint density at radius 1 is 1.24 bits per heavy atom. The number of fused-ring (bicyclic) bond motifs is 1. The molecular weight excluding hydrogens is 210 g/mol. The summed E-state index contributed by atoms with van der Waals surface area (Å²) in [5, 5.41) is 3.84. The predicted octanol–water partition coefficient (Wildman–Crippen LogP) is 3.83. The average Bonchev–Trinajstić information content (AvgIpc) is 3.00. The lowest BCUT2D eigenvalue weighted by Gasteiger charge is -2.29. The van der Waals surface area contributed by atoms with Crippen molar-refractivity contribution in [2.24, 2.45) is 5.92 Å². The van der Waals surface area contributed by atoms with Crippen molar-refractivity contribution in [3.05, 3.63) is 23.7 Å². The lowest BCUT2D eigenvalue weighted by molar-refractivity contribution is 0.317. The Kier molecular flexibility index (Phi) is 3.24. The lowest BCUT2D eigenvalue weighted by Crippen LogP contribution is -2.36. The maximum atomic E-state index is 5.55. The highest BCUT2D eigenvalue weighted by atomic mass is 16.3. The van der Waals surface area contributed by atoms with Crippen LogP contribution >= 0.6 is 0 Å². The number of rotatable bonds is 3. The van der Waals surface area contributed by atoms with Crippen molar-refractivity contribution in [2.75, 3.05) is 0 Å². The van der Waals surface area contributed by atoms with Gasteiger partial charge in [-0.2, -0.15) is 0 Å².